The lowest BCUT2D eigenvalue weighted by Crippen LogP contribution is -2.25. The van der Waals surface area contributed by atoms with Crippen LogP contribution in [0.25, 0.3) is 17.3 Å². The summed E-state index contributed by atoms with van der Waals surface area (Å²) in [5.41, 5.74) is 0.899. The summed E-state index contributed by atoms with van der Waals surface area (Å²) in [5, 5.41) is 34.7. The van der Waals surface area contributed by atoms with Crippen molar-refractivity contribution in [3.8, 4) is 11.5 Å². The number of nitrogens with one attached hydrogen (secondary N) is 3. The molecule has 0 saturated heterocycles. The van der Waals surface area contributed by atoms with E-state index in [4.69, 9.17) is 24.5 Å². The summed E-state index contributed by atoms with van der Waals surface area (Å²) >= 11 is 0. The number of aromatic nitrogens is 12. The lowest BCUT2D eigenvalue weighted by molar-refractivity contribution is -0.276. The molecule has 0 radical (unpaired) electrons. The van der Waals surface area contributed by atoms with Gasteiger partial charge in [0.1, 0.15) is 48.0 Å². The van der Waals surface area contributed by atoms with Gasteiger partial charge in [-0.3, -0.25) is 9.59 Å². The predicted octanol–water partition coefficient (Wildman–Crippen LogP) is 14.9. The number of fused-ring (bicyclic) bond motifs is 3. The lowest BCUT2D eigenvalue weighted by Gasteiger charge is -2.56. The molecule has 9 aromatic rings. The van der Waals surface area contributed by atoms with E-state index < -0.39 is 80.9 Å². The van der Waals surface area contributed by atoms with Crippen molar-refractivity contribution in [3.63, 3.8) is 0 Å². The first-order valence-corrected chi connectivity index (χ1v) is 31.8. The number of methoxy groups -OCH3 is 1. The molecule has 3 unspecified atom stereocenters. The zero-order valence-electron chi connectivity index (χ0n) is 54.2. The van der Waals surface area contributed by atoms with Crippen molar-refractivity contribution in [3.05, 3.63) is 143 Å². The van der Waals surface area contributed by atoms with Gasteiger partial charge in [-0.25, -0.2) is 28.5 Å². The predicted molar refractivity (Wildman–Crippen MR) is 331 cm³/mol. The smallest absolute Gasteiger partial charge is 0.483 e. The number of alkyl halides is 9. The average Bonchev–Trinajstić information content (AvgIpc) is 0.924. The largest absolute Gasteiger partial charge is 0.573 e. The molecule has 23 nitrogen and oxygen atoms in total. The number of rotatable bonds is 14. The van der Waals surface area contributed by atoms with Gasteiger partial charge in [0.2, 0.25) is 0 Å². The Hall–Kier alpha value is -9.84. The number of esters is 1. The highest BCUT2D eigenvalue weighted by atomic mass is 32.4. The van der Waals surface area contributed by atoms with E-state index in [1.54, 1.807) is 19.9 Å². The van der Waals surface area contributed by atoms with E-state index in [9.17, 15) is 60.9 Å². The molecule has 528 valence electrons. The molecule has 6 heterocycles. The normalized spacial score (nSPS) is 13.1. The highest BCUT2D eigenvalue weighted by Gasteiger charge is 2.48. The van der Waals surface area contributed by atoms with Gasteiger partial charge < -0.3 is 40.4 Å². The number of nitrogens with zero attached hydrogens (tertiary/aromatic N) is 12. The molecular formula is C59H72F13N15O8S. The van der Waals surface area contributed by atoms with Crippen molar-refractivity contribution in [1.82, 2.24) is 58.7 Å². The quantitative estimate of drug-likeness (QED) is 0.0384. The molecule has 9 rings (SSSR count). The van der Waals surface area contributed by atoms with Crippen LogP contribution in [0.5, 0.6) is 11.5 Å². The van der Waals surface area contributed by atoms with Gasteiger partial charge in [0.25, 0.3) is 30.3 Å². The van der Waals surface area contributed by atoms with Gasteiger partial charge in [0.15, 0.2) is 23.3 Å². The molecule has 0 spiro atoms. The maximum absolute atomic E-state index is 14.8. The number of carbonyl (C=O) groups excluding carboxylic acids is 1. The second-order valence-electron chi connectivity index (χ2n) is 22.0. The highest BCUT2D eigenvalue weighted by Crippen LogP contribution is 2.90. The topological polar surface area (TPSA) is 285 Å². The van der Waals surface area contributed by atoms with Crippen LogP contribution in [0.15, 0.2) is 103 Å². The number of anilines is 3. The first-order valence-electron chi connectivity index (χ1n) is 28.3. The fourth-order valence-corrected chi connectivity index (χ4v) is 9.09. The number of benzene rings is 3. The van der Waals surface area contributed by atoms with Crippen LogP contribution in [0.3, 0.4) is 0 Å². The summed E-state index contributed by atoms with van der Waals surface area (Å²) in [5.74, 6) is -3.32. The summed E-state index contributed by atoms with van der Waals surface area (Å²) in [6.07, 6.45) is -7.99. The van der Waals surface area contributed by atoms with Crippen LogP contribution < -0.4 is 25.4 Å². The Balaban J connectivity index is 0.000000351. The second kappa shape index (κ2) is 32.1. The Kier molecular flexibility index (Phi) is 26.9. The standard InChI is InChI=1S/C18H17F4N5O3.C18H19F4N5O.C17H20F5N5S.2C2H6.2CH2O2/c1-9(2)13-7-14(27-17(25-13)23-8-24-27)26-15(16(28)29-3)11-5-4-10(6-12(11)19)30-18(20,21)22;1-10(11-5-6-13(12(19)7-11)28-18(20,21)22)25-15-8-14(17(2,3)4)26-16-23-9-24-27(15)16;1-11(12-5-7-13(8-6-12)28(2,3,4,21)22)25-15-9-14(17(18,19)20)26-16-23-10-24-27(15)16;2*1-2;2*2-1-3/h4-9,15,26H,1-3H3;5-10,25H,1-4H3;5-11,25H,1-4H3;2*1-2H3;2*1H,(H,2,3). The highest BCUT2D eigenvalue weighted by molar-refractivity contribution is 8.56. The van der Waals surface area contributed by atoms with Crippen LogP contribution in [0, 0.1) is 11.6 Å². The van der Waals surface area contributed by atoms with Crippen molar-refractivity contribution in [2.75, 3.05) is 41.8 Å². The zero-order chi connectivity index (χ0) is 73.2. The minimum absolute atomic E-state index is 0.0133. The molecule has 5 N–H and O–H groups in total. The summed E-state index contributed by atoms with van der Waals surface area (Å²) in [7, 11) is -4.20. The van der Waals surface area contributed by atoms with Crippen molar-refractivity contribution >= 4 is 62.8 Å². The van der Waals surface area contributed by atoms with E-state index >= 15 is 0 Å². The first-order chi connectivity index (χ1) is 44.4. The molecule has 3 aromatic carbocycles. The van der Waals surface area contributed by atoms with Crippen LogP contribution in [0.4, 0.5) is 73.5 Å². The molecule has 96 heavy (non-hydrogen) atoms. The minimum Gasteiger partial charge on any atom is -0.483 e. The summed E-state index contributed by atoms with van der Waals surface area (Å²) in [6.45, 7) is 20.8. The molecule has 0 fully saturated rings. The molecule has 6 aromatic heterocycles. The van der Waals surface area contributed by atoms with Crippen molar-refractivity contribution in [2.45, 2.75) is 129 Å². The number of carboxylic acid groups (broad SMARTS) is 2. The van der Waals surface area contributed by atoms with Crippen molar-refractivity contribution in [1.29, 1.82) is 0 Å². The van der Waals surface area contributed by atoms with Crippen LogP contribution in [-0.2, 0) is 30.7 Å². The van der Waals surface area contributed by atoms with Crippen LogP contribution >= 0.6 is 9.07 Å². The third-order valence-corrected chi connectivity index (χ3v) is 14.4. The van der Waals surface area contributed by atoms with E-state index in [-0.39, 0.29) is 57.9 Å². The molecular weight excluding hydrogens is 1330 g/mol. The monoisotopic (exact) mass is 1400 g/mol. The summed E-state index contributed by atoms with van der Waals surface area (Å²) in [6, 6.07) is 13.5. The number of carbonyl (C=O) groups is 3. The van der Waals surface area contributed by atoms with Gasteiger partial charge in [-0.05, 0) is 76.4 Å². The fourth-order valence-electron chi connectivity index (χ4n) is 7.93. The third kappa shape index (κ3) is 23.3. The Labute approximate surface area is 540 Å². The maximum Gasteiger partial charge on any atom is 0.573 e. The number of halogens is 13. The molecule has 37 heteroatoms. The Morgan fingerprint density at radius 1 is 0.573 bits per heavy atom. The van der Waals surface area contributed by atoms with Crippen molar-refractivity contribution < 1.29 is 94.9 Å². The van der Waals surface area contributed by atoms with Crippen LogP contribution in [0.2, 0.25) is 0 Å². The lowest BCUT2D eigenvalue weighted by atomic mass is 9.92. The third-order valence-electron chi connectivity index (χ3n) is 12.3. The van der Waals surface area contributed by atoms with Crippen LogP contribution in [-0.4, -0.2) is 126 Å². The molecule has 0 bridgehead atoms. The van der Waals surface area contributed by atoms with E-state index in [2.05, 4.69) is 70.6 Å². The molecule has 0 aliphatic rings. The van der Waals surface area contributed by atoms with E-state index in [0.717, 1.165) is 72.7 Å². The average molecular weight is 1400 g/mol. The number of ether oxygens (including phenoxy) is 3. The van der Waals surface area contributed by atoms with Gasteiger partial charge in [0, 0.05) is 64.9 Å². The summed E-state index contributed by atoms with van der Waals surface area (Å²) < 4.78 is 187. The van der Waals surface area contributed by atoms with Crippen molar-refractivity contribution in [2.24, 2.45) is 0 Å². The van der Waals surface area contributed by atoms with Gasteiger partial charge in [0.05, 0.1) is 24.5 Å². The Morgan fingerprint density at radius 3 is 1.41 bits per heavy atom. The molecule has 0 amide bonds. The molecule has 3 atom stereocenters. The van der Waals surface area contributed by atoms with E-state index in [0.29, 0.717) is 34.5 Å². The molecule has 0 saturated carbocycles. The van der Waals surface area contributed by atoms with Gasteiger partial charge in [-0.2, -0.15) is 64.7 Å². The fraction of sp³-hybridized carbons (Fsp3) is 0.390. The number of hydrogen-bond acceptors (Lipinski definition) is 18. The van der Waals surface area contributed by atoms with E-state index in [1.165, 1.54) is 52.0 Å². The Morgan fingerprint density at radius 2 is 1.00 bits per heavy atom. The number of hydrogen-bond donors (Lipinski definition) is 5. The van der Waals surface area contributed by atoms with Gasteiger partial charge in [-0.15, -0.1) is 26.3 Å². The SMILES string of the molecule is CC.CC.CC(Nc1cc(C(C)(C)C)nc2ncnn12)c1ccc(OC(F)(F)F)c(F)c1.CC(Nc1cc(C(F)(F)F)nc2ncnn12)c1ccc(S(C)(C)(C)(F)F)cc1.COC(=O)C(Nc1cc(C(C)C)nc2ncnn12)c1ccc(OC(F)(F)F)cc1F.O=CO.O=CO. The minimum atomic E-state index is -5.31. The van der Waals surface area contributed by atoms with Crippen LogP contribution in [0.1, 0.15) is 134 Å². The first kappa shape index (κ1) is 80.4. The van der Waals surface area contributed by atoms with Gasteiger partial charge in [-0.1, -0.05) is 80.5 Å². The molecule has 0 aliphatic carbocycles. The maximum atomic E-state index is 14.8. The second-order valence-corrected chi connectivity index (χ2v) is 28.4. The Bertz CT molecular complexity index is 4010. The zero-order valence-corrected chi connectivity index (χ0v) is 55.1. The summed E-state index contributed by atoms with van der Waals surface area (Å²) in [4.78, 5) is 53.1. The van der Waals surface area contributed by atoms with Gasteiger partial charge >= 0.3 is 24.9 Å². The van der Waals surface area contributed by atoms with E-state index in [1.807, 2.05) is 68.4 Å². The molecule has 0 aliphatic heterocycles.